The van der Waals surface area contributed by atoms with E-state index in [0.29, 0.717) is 31.5 Å². The fraction of sp³-hybridized carbons (Fsp3) is 0.694. The first kappa shape index (κ1) is 38.4. The number of alkyl carbamates (subject to hydrolysis) is 1. The van der Waals surface area contributed by atoms with E-state index in [4.69, 9.17) is 9.47 Å². The Morgan fingerprint density at radius 3 is 2.55 bits per heavy atom. The van der Waals surface area contributed by atoms with Crippen LogP contribution in [0.25, 0.3) is 11.4 Å². The van der Waals surface area contributed by atoms with Crippen LogP contribution in [0.4, 0.5) is 4.79 Å². The van der Waals surface area contributed by atoms with Crippen molar-refractivity contribution in [3.8, 4) is 17.1 Å². The Morgan fingerprint density at radius 1 is 1.17 bits per heavy atom. The summed E-state index contributed by atoms with van der Waals surface area (Å²) in [6.45, 7) is 11.4. The lowest BCUT2D eigenvalue weighted by atomic mass is 9.85. The maximum Gasteiger partial charge on any atom is 0.407 e. The van der Waals surface area contributed by atoms with Crippen LogP contribution in [0.2, 0.25) is 0 Å². The fourth-order valence-electron chi connectivity index (χ4n) is 7.44. The monoisotopic (exact) mass is 756 g/mol. The molecule has 6 rings (SSSR count). The highest BCUT2D eigenvalue weighted by Gasteiger charge is 2.62. The Morgan fingerprint density at radius 2 is 1.91 bits per heavy atom. The average Bonchev–Trinajstić information content (AvgIpc) is 3.97. The number of hydrogen-bond acceptors (Lipinski definition) is 11. The van der Waals surface area contributed by atoms with Gasteiger partial charge in [-0.2, -0.15) is 4.80 Å². The van der Waals surface area contributed by atoms with Gasteiger partial charge in [-0.05, 0) is 84.2 Å². The number of fused-ring (bicyclic) bond motifs is 8. The molecule has 1 aromatic heterocycles. The number of sulfonamides is 1. The Hall–Kier alpha value is -4.28. The molecule has 2 aliphatic carbocycles. The molecule has 0 spiro atoms. The summed E-state index contributed by atoms with van der Waals surface area (Å²) >= 11 is 0. The van der Waals surface area contributed by atoms with Gasteiger partial charge in [-0.25, -0.2) is 13.2 Å². The van der Waals surface area contributed by atoms with Gasteiger partial charge >= 0.3 is 6.09 Å². The Labute approximate surface area is 310 Å². The molecule has 2 saturated carbocycles. The third-order valence-corrected chi connectivity index (χ3v) is 12.8. The van der Waals surface area contributed by atoms with Crippen LogP contribution < -0.4 is 20.1 Å². The molecule has 3 heterocycles. The minimum absolute atomic E-state index is 0.00336. The zero-order valence-electron chi connectivity index (χ0n) is 31.6. The summed E-state index contributed by atoms with van der Waals surface area (Å²) in [7, 11) is -2.25. The van der Waals surface area contributed by atoms with E-state index in [-0.39, 0.29) is 37.3 Å². The molecule has 4 aliphatic rings. The molecule has 0 radical (unpaired) electrons. The lowest BCUT2D eigenvalue weighted by molar-refractivity contribution is -0.142. The van der Waals surface area contributed by atoms with E-state index in [2.05, 4.69) is 30.8 Å². The standard InChI is InChI=1S/C36H52N8O8S/c1-8-23-18-36(23,32(47)41-53(49,50)25-12-13-25)38-30(45)26-17-24-19-43(26)31(46)28(34(2,3)4)37-33(48)52-20-35(5,6)15-9-10-21-16-22(11-14-27(21)51-7)29-39-42-44(24)40-29/h11,14,16,23-26,28H,8-10,12-13,15,17-20H2,1-7H3,(H,37,48)(H,38,45)(H,41,47)/t23-,24-,26+,28-,36-/m1/s1. The van der Waals surface area contributed by atoms with Gasteiger partial charge < -0.3 is 25.0 Å². The topological polar surface area (TPSA) is 204 Å². The van der Waals surface area contributed by atoms with Gasteiger partial charge in [-0.15, -0.1) is 10.2 Å². The normalized spacial score (nSPS) is 27.7. The zero-order chi connectivity index (χ0) is 38.5. The van der Waals surface area contributed by atoms with E-state index in [1.54, 1.807) is 27.9 Å². The summed E-state index contributed by atoms with van der Waals surface area (Å²) in [6.07, 6.45) is 3.29. The number of methoxy groups -OCH3 is 1. The number of ether oxygens (including phenoxy) is 2. The minimum atomic E-state index is -3.86. The van der Waals surface area contributed by atoms with E-state index in [9.17, 15) is 27.6 Å². The van der Waals surface area contributed by atoms with Crippen molar-refractivity contribution < 1.29 is 37.1 Å². The number of carbonyl (C=O) groups excluding carboxylic acids is 4. The van der Waals surface area contributed by atoms with Gasteiger partial charge in [0.05, 0.1) is 25.0 Å². The second kappa shape index (κ2) is 14.2. The number of rotatable bonds is 7. The van der Waals surface area contributed by atoms with Crippen LogP contribution in [0.1, 0.15) is 98.1 Å². The van der Waals surface area contributed by atoms with Gasteiger partial charge in [0.2, 0.25) is 27.7 Å². The maximum absolute atomic E-state index is 14.6. The fourth-order valence-corrected chi connectivity index (χ4v) is 8.81. The van der Waals surface area contributed by atoms with Crippen LogP contribution in [0, 0.1) is 16.7 Å². The van der Waals surface area contributed by atoms with E-state index >= 15 is 0 Å². The van der Waals surface area contributed by atoms with Crippen molar-refractivity contribution >= 4 is 33.8 Å². The van der Waals surface area contributed by atoms with Crippen LogP contribution in [0.5, 0.6) is 5.75 Å². The second-order valence-corrected chi connectivity index (χ2v) is 18.8. The predicted molar refractivity (Wildman–Crippen MR) is 193 cm³/mol. The molecule has 290 valence electrons. The number of aromatic nitrogens is 4. The van der Waals surface area contributed by atoms with Gasteiger partial charge in [0.1, 0.15) is 23.4 Å². The van der Waals surface area contributed by atoms with Crippen molar-refractivity contribution in [3.05, 3.63) is 23.8 Å². The zero-order valence-corrected chi connectivity index (χ0v) is 32.4. The van der Waals surface area contributed by atoms with Crippen LogP contribution in [-0.4, -0.2) is 100 Å². The molecule has 3 fully saturated rings. The van der Waals surface area contributed by atoms with E-state index in [1.165, 1.54) is 9.70 Å². The average molecular weight is 757 g/mol. The van der Waals surface area contributed by atoms with Gasteiger partial charge in [0.25, 0.3) is 5.91 Å². The first-order valence-electron chi connectivity index (χ1n) is 18.5. The van der Waals surface area contributed by atoms with Gasteiger partial charge in [-0.3, -0.25) is 19.1 Å². The summed E-state index contributed by atoms with van der Waals surface area (Å²) in [4.78, 5) is 58.5. The lowest BCUT2D eigenvalue weighted by Crippen LogP contribution is -2.60. The summed E-state index contributed by atoms with van der Waals surface area (Å²) in [5.74, 6) is -1.10. The number of hydrogen-bond donors (Lipinski definition) is 3. The summed E-state index contributed by atoms with van der Waals surface area (Å²) < 4.78 is 39.0. The highest BCUT2D eigenvalue weighted by atomic mass is 32.2. The summed E-state index contributed by atoms with van der Waals surface area (Å²) in [5.41, 5.74) is -0.920. The molecular weight excluding hydrogens is 705 g/mol. The predicted octanol–water partition coefficient (Wildman–Crippen LogP) is 2.89. The molecule has 3 N–H and O–H groups in total. The first-order chi connectivity index (χ1) is 24.9. The molecule has 53 heavy (non-hydrogen) atoms. The largest absolute Gasteiger partial charge is 0.496 e. The second-order valence-electron chi connectivity index (χ2n) is 16.8. The number of amides is 4. The molecule has 2 aliphatic heterocycles. The van der Waals surface area contributed by atoms with E-state index in [0.717, 1.165) is 29.7 Å². The van der Waals surface area contributed by atoms with Crippen molar-refractivity contribution in [3.63, 3.8) is 0 Å². The number of cyclic esters (lactones) is 1. The number of aryl methyl sites for hydroxylation is 1. The number of nitrogens with zero attached hydrogens (tertiary/aromatic N) is 5. The molecule has 1 aromatic carbocycles. The highest BCUT2D eigenvalue weighted by Crippen LogP contribution is 2.47. The quantitative estimate of drug-likeness (QED) is 0.375. The maximum atomic E-state index is 14.6. The SMILES string of the molecule is CC[C@@H]1C[C@]1(NC(=O)[C@@H]1C[C@@H]2CN1C(=O)[C@H](C(C)(C)C)NC(=O)OCC(C)(C)CCCc1cc(ccc1OC)-c1nnn2n1)C(=O)NS(=O)(=O)C1CC1. The van der Waals surface area contributed by atoms with Gasteiger partial charge in [0.15, 0.2) is 0 Å². The molecule has 17 heteroatoms. The molecule has 2 aromatic rings. The van der Waals surface area contributed by atoms with Crippen molar-refractivity contribution in [2.24, 2.45) is 16.7 Å². The Balaban J connectivity index is 1.34. The smallest absolute Gasteiger partial charge is 0.407 e. The van der Waals surface area contributed by atoms with Crippen LogP contribution in [0.3, 0.4) is 0 Å². The van der Waals surface area contributed by atoms with Gasteiger partial charge in [-0.1, -0.05) is 48.0 Å². The number of carbonyl (C=O) groups is 4. The van der Waals surface area contributed by atoms with Crippen molar-refractivity contribution in [1.82, 2.24) is 40.5 Å². The first-order valence-corrected chi connectivity index (χ1v) is 20.0. The van der Waals surface area contributed by atoms with Crippen LogP contribution in [-0.2, 0) is 35.6 Å². The van der Waals surface area contributed by atoms with Crippen LogP contribution in [0.15, 0.2) is 18.2 Å². The van der Waals surface area contributed by atoms with Crippen molar-refractivity contribution in [1.29, 1.82) is 0 Å². The molecule has 16 nitrogen and oxygen atoms in total. The number of benzene rings is 1. The van der Waals surface area contributed by atoms with Crippen molar-refractivity contribution in [2.45, 2.75) is 122 Å². The van der Waals surface area contributed by atoms with E-state index < -0.39 is 68.2 Å². The Bertz CT molecular complexity index is 1870. The molecule has 6 bridgehead atoms. The third kappa shape index (κ3) is 8.14. The van der Waals surface area contributed by atoms with E-state index in [1.807, 2.05) is 39.0 Å². The summed E-state index contributed by atoms with van der Waals surface area (Å²) in [5, 5.41) is 18.4. The molecular formula is C36H52N8O8S. The molecule has 0 unspecified atom stereocenters. The number of tetrazole rings is 1. The summed E-state index contributed by atoms with van der Waals surface area (Å²) in [6, 6.07) is 2.89. The molecule has 4 amide bonds. The Kier molecular flexibility index (Phi) is 10.3. The molecule has 5 atom stereocenters. The van der Waals surface area contributed by atoms with Crippen molar-refractivity contribution in [2.75, 3.05) is 20.3 Å². The van der Waals surface area contributed by atoms with Crippen LogP contribution >= 0.6 is 0 Å². The lowest BCUT2D eigenvalue weighted by Gasteiger charge is -2.35. The minimum Gasteiger partial charge on any atom is -0.496 e. The number of nitrogens with one attached hydrogen (secondary N) is 3. The molecule has 1 saturated heterocycles. The third-order valence-electron chi connectivity index (χ3n) is 11.0. The highest BCUT2D eigenvalue weighted by molar-refractivity contribution is 7.91. The van der Waals surface area contributed by atoms with Gasteiger partial charge in [0, 0.05) is 18.5 Å².